The molecule has 122 valence electrons. The number of aliphatic carboxylic acids is 1. The smallest absolute Gasteiger partial charge is 0.330 e. The minimum atomic E-state index is -1.12. The number of amides is 1. The van der Waals surface area contributed by atoms with Crippen LogP contribution in [0.15, 0.2) is 39.2 Å². The van der Waals surface area contributed by atoms with Gasteiger partial charge in [0.05, 0.1) is 5.56 Å². The Morgan fingerprint density at radius 3 is 2.30 bits per heavy atom. The molecule has 1 aromatic carbocycles. The highest BCUT2D eigenvalue weighted by molar-refractivity contribution is 9.10. The first-order chi connectivity index (χ1) is 10.8. The van der Waals surface area contributed by atoms with Crippen molar-refractivity contribution in [1.82, 2.24) is 5.32 Å². The zero-order chi connectivity index (χ0) is 17.1. The molecule has 1 amide bonds. The number of hydrogen-bond donors (Lipinski definition) is 2. The Balaban J connectivity index is 2.25. The Morgan fingerprint density at radius 1 is 1.22 bits per heavy atom. The second-order valence-corrected chi connectivity index (χ2v) is 6.49. The van der Waals surface area contributed by atoms with Gasteiger partial charge in [0.1, 0.15) is 11.5 Å². The van der Waals surface area contributed by atoms with Crippen molar-refractivity contribution in [3.05, 3.63) is 57.5 Å². The number of carboxylic acid groups (broad SMARTS) is 1. The van der Waals surface area contributed by atoms with E-state index >= 15 is 0 Å². The highest BCUT2D eigenvalue weighted by Crippen LogP contribution is 2.23. The van der Waals surface area contributed by atoms with Crippen LogP contribution in [0, 0.1) is 6.92 Å². The van der Waals surface area contributed by atoms with Crippen molar-refractivity contribution in [2.24, 2.45) is 0 Å². The van der Waals surface area contributed by atoms with Gasteiger partial charge in [0.2, 0.25) is 0 Å². The summed E-state index contributed by atoms with van der Waals surface area (Å²) in [6.45, 7) is 5.61. The number of aryl methyl sites for hydroxylation is 1. The molecule has 23 heavy (non-hydrogen) atoms. The van der Waals surface area contributed by atoms with E-state index < -0.39 is 17.9 Å². The first-order valence-corrected chi connectivity index (χ1v) is 7.98. The van der Waals surface area contributed by atoms with Crippen molar-refractivity contribution in [1.29, 1.82) is 0 Å². The Hall–Kier alpha value is -2.08. The van der Waals surface area contributed by atoms with Crippen molar-refractivity contribution in [3.8, 4) is 0 Å². The topological polar surface area (TPSA) is 79.5 Å². The zero-order valence-corrected chi connectivity index (χ0v) is 14.7. The summed E-state index contributed by atoms with van der Waals surface area (Å²) in [5.41, 5.74) is 0.858. The molecule has 0 radical (unpaired) electrons. The molecule has 5 nitrogen and oxygen atoms in total. The van der Waals surface area contributed by atoms with Crippen LogP contribution in [0.2, 0.25) is 0 Å². The van der Waals surface area contributed by atoms with Crippen molar-refractivity contribution in [3.63, 3.8) is 0 Å². The van der Waals surface area contributed by atoms with E-state index in [9.17, 15) is 14.7 Å². The van der Waals surface area contributed by atoms with Gasteiger partial charge in [-0.2, -0.15) is 0 Å². The van der Waals surface area contributed by atoms with E-state index in [2.05, 4.69) is 21.2 Å². The van der Waals surface area contributed by atoms with Crippen LogP contribution in [-0.2, 0) is 4.79 Å². The summed E-state index contributed by atoms with van der Waals surface area (Å²) in [5, 5.41) is 12.0. The SMILES string of the molecule is Cc1oc(C(C)C)cc1C(=O)NC(C(=O)O)c1ccc(Br)cc1. The van der Waals surface area contributed by atoms with E-state index in [-0.39, 0.29) is 5.92 Å². The van der Waals surface area contributed by atoms with Crippen molar-refractivity contribution in [2.45, 2.75) is 32.7 Å². The summed E-state index contributed by atoms with van der Waals surface area (Å²) in [4.78, 5) is 23.9. The predicted octanol–water partition coefficient (Wildman–Crippen LogP) is 4.03. The third-order valence-electron chi connectivity index (χ3n) is 3.48. The molecule has 0 fully saturated rings. The molecule has 1 aromatic heterocycles. The monoisotopic (exact) mass is 379 g/mol. The first kappa shape index (κ1) is 17.3. The van der Waals surface area contributed by atoms with E-state index in [4.69, 9.17) is 4.42 Å². The third kappa shape index (κ3) is 4.01. The highest BCUT2D eigenvalue weighted by Gasteiger charge is 2.25. The van der Waals surface area contributed by atoms with E-state index in [1.807, 2.05) is 13.8 Å². The summed E-state index contributed by atoms with van der Waals surface area (Å²) >= 11 is 3.30. The fourth-order valence-corrected chi connectivity index (χ4v) is 2.43. The summed E-state index contributed by atoms with van der Waals surface area (Å²) in [6.07, 6.45) is 0. The van der Waals surface area contributed by atoms with Crippen LogP contribution >= 0.6 is 15.9 Å². The molecule has 6 heteroatoms. The van der Waals surface area contributed by atoms with Crippen LogP contribution in [0.25, 0.3) is 0 Å². The molecule has 0 bridgehead atoms. The second-order valence-electron chi connectivity index (χ2n) is 5.57. The molecule has 2 rings (SSSR count). The fourth-order valence-electron chi connectivity index (χ4n) is 2.17. The van der Waals surface area contributed by atoms with Crippen molar-refractivity contribution >= 4 is 27.8 Å². The lowest BCUT2D eigenvalue weighted by Crippen LogP contribution is -2.33. The lowest BCUT2D eigenvalue weighted by molar-refractivity contribution is -0.139. The van der Waals surface area contributed by atoms with Crippen molar-refractivity contribution in [2.75, 3.05) is 0 Å². The lowest BCUT2D eigenvalue weighted by atomic mass is 10.1. The van der Waals surface area contributed by atoms with Gasteiger partial charge in [-0.3, -0.25) is 4.79 Å². The predicted molar refractivity (Wildman–Crippen MR) is 89.5 cm³/mol. The maximum atomic E-state index is 12.4. The average Bonchev–Trinajstić information content (AvgIpc) is 2.88. The molecule has 0 aliphatic heterocycles. The molecule has 2 aromatic rings. The number of benzene rings is 1. The zero-order valence-electron chi connectivity index (χ0n) is 13.1. The summed E-state index contributed by atoms with van der Waals surface area (Å²) in [6, 6.07) is 7.33. The molecule has 1 atom stereocenters. The van der Waals surface area contributed by atoms with Crippen molar-refractivity contribution < 1.29 is 19.1 Å². The number of carboxylic acids is 1. The molecular formula is C17H18BrNO4. The van der Waals surface area contributed by atoms with Gasteiger partial charge in [0.15, 0.2) is 6.04 Å². The van der Waals surface area contributed by atoms with Gasteiger partial charge in [0.25, 0.3) is 5.91 Å². The van der Waals surface area contributed by atoms with Crippen LogP contribution in [0.3, 0.4) is 0 Å². The van der Waals surface area contributed by atoms with Gasteiger partial charge in [0, 0.05) is 10.4 Å². The van der Waals surface area contributed by atoms with Gasteiger partial charge < -0.3 is 14.8 Å². The largest absolute Gasteiger partial charge is 0.479 e. The molecule has 2 N–H and O–H groups in total. The molecule has 0 aliphatic carbocycles. The van der Waals surface area contributed by atoms with Gasteiger partial charge in [-0.25, -0.2) is 4.79 Å². The minimum absolute atomic E-state index is 0.150. The Labute approximate surface area is 142 Å². The maximum absolute atomic E-state index is 12.4. The normalized spacial score (nSPS) is 12.2. The number of rotatable bonds is 5. The average molecular weight is 380 g/mol. The highest BCUT2D eigenvalue weighted by atomic mass is 79.9. The fraction of sp³-hybridized carbons (Fsp3) is 0.294. The number of carbonyl (C=O) groups is 2. The summed E-state index contributed by atoms with van der Waals surface area (Å²) < 4.78 is 6.38. The molecule has 0 aliphatic rings. The number of hydrogen-bond acceptors (Lipinski definition) is 3. The Bertz CT molecular complexity index is 719. The number of furan rings is 1. The third-order valence-corrected chi connectivity index (χ3v) is 4.00. The number of nitrogens with one attached hydrogen (secondary N) is 1. The van der Waals surface area contributed by atoms with Gasteiger partial charge in [-0.05, 0) is 30.7 Å². The molecule has 1 unspecified atom stereocenters. The van der Waals surface area contributed by atoms with Gasteiger partial charge >= 0.3 is 5.97 Å². The van der Waals surface area contributed by atoms with Crippen LogP contribution in [0.1, 0.15) is 53.2 Å². The number of carbonyl (C=O) groups excluding carboxylic acids is 1. The van der Waals surface area contributed by atoms with E-state index in [1.165, 1.54) is 0 Å². The molecule has 1 heterocycles. The van der Waals surface area contributed by atoms with Crippen LogP contribution in [-0.4, -0.2) is 17.0 Å². The van der Waals surface area contributed by atoms with E-state index in [0.29, 0.717) is 22.6 Å². The van der Waals surface area contributed by atoms with Crippen LogP contribution in [0.5, 0.6) is 0 Å². The van der Waals surface area contributed by atoms with E-state index in [0.717, 1.165) is 4.47 Å². The lowest BCUT2D eigenvalue weighted by Gasteiger charge is -2.14. The standard InChI is InChI=1S/C17H18BrNO4/c1-9(2)14-8-13(10(3)23-14)16(20)19-15(17(21)22)11-4-6-12(18)7-5-11/h4-9,15H,1-3H3,(H,19,20)(H,21,22). The van der Waals surface area contributed by atoms with Crippen LogP contribution in [0.4, 0.5) is 0 Å². The molecule has 0 saturated carbocycles. The molecule has 0 saturated heterocycles. The Kier molecular flexibility index (Phi) is 5.26. The summed E-state index contributed by atoms with van der Waals surface area (Å²) in [7, 11) is 0. The maximum Gasteiger partial charge on any atom is 0.330 e. The van der Waals surface area contributed by atoms with Gasteiger partial charge in [-0.15, -0.1) is 0 Å². The molecular weight excluding hydrogens is 362 g/mol. The first-order valence-electron chi connectivity index (χ1n) is 7.19. The summed E-state index contributed by atoms with van der Waals surface area (Å²) in [5.74, 6) is -0.259. The molecule has 0 spiro atoms. The van der Waals surface area contributed by atoms with Gasteiger partial charge in [-0.1, -0.05) is 41.9 Å². The second kappa shape index (κ2) is 7.00. The van der Waals surface area contributed by atoms with Crippen LogP contribution < -0.4 is 5.32 Å². The quantitative estimate of drug-likeness (QED) is 0.821. The Morgan fingerprint density at radius 2 is 1.83 bits per heavy atom. The number of halogens is 1. The van der Waals surface area contributed by atoms with E-state index in [1.54, 1.807) is 37.3 Å². The minimum Gasteiger partial charge on any atom is -0.479 e.